The lowest BCUT2D eigenvalue weighted by molar-refractivity contribution is -0.119. The topological polar surface area (TPSA) is 41.1 Å². The maximum absolute atomic E-state index is 11.6. The average molecular weight is 206 g/mol. The zero-order valence-electron chi connectivity index (χ0n) is 9.50. The van der Waals surface area contributed by atoms with Crippen molar-refractivity contribution in [2.45, 2.75) is 20.3 Å². The summed E-state index contributed by atoms with van der Waals surface area (Å²) >= 11 is 0. The van der Waals surface area contributed by atoms with Crippen molar-refractivity contribution in [1.29, 1.82) is 0 Å². The van der Waals surface area contributed by atoms with Crippen LogP contribution in [0.5, 0.6) is 0 Å². The molecule has 0 aliphatic heterocycles. The van der Waals surface area contributed by atoms with Gasteiger partial charge in [0.15, 0.2) is 0 Å². The van der Waals surface area contributed by atoms with Gasteiger partial charge in [0, 0.05) is 24.3 Å². The third-order valence-electron chi connectivity index (χ3n) is 2.48. The second kappa shape index (κ2) is 5.39. The van der Waals surface area contributed by atoms with Crippen molar-refractivity contribution in [2.75, 3.05) is 17.7 Å². The van der Waals surface area contributed by atoms with E-state index >= 15 is 0 Å². The van der Waals surface area contributed by atoms with Gasteiger partial charge >= 0.3 is 0 Å². The summed E-state index contributed by atoms with van der Waals surface area (Å²) in [5.41, 5.74) is 1.84. The van der Waals surface area contributed by atoms with Crippen LogP contribution < -0.4 is 10.6 Å². The molecule has 1 amide bonds. The van der Waals surface area contributed by atoms with E-state index < -0.39 is 0 Å². The molecule has 15 heavy (non-hydrogen) atoms. The molecule has 0 radical (unpaired) electrons. The van der Waals surface area contributed by atoms with Crippen molar-refractivity contribution in [3.63, 3.8) is 0 Å². The average Bonchev–Trinajstić information content (AvgIpc) is 2.28. The van der Waals surface area contributed by atoms with E-state index in [1.807, 2.05) is 45.2 Å². The monoisotopic (exact) mass is 206 g/mol. The van der Waals surface area contributed by atoms with E-state index in [-0.39, 0.29) is 11.8 Å². The Balaban J connectivity index is 2.68. The molecule has 3 heteroatoms. The van der Waals surface area contributed by atoms with Crippen molar-refractivity contribution in [3.8, 4) is 0 Å². The van der Waals surface area contributed by atoms with Crippen molar-refractivity contribution in [3.05, 3.63) is 24.3 Å². The number of amides is 1. The first-order valence-corrected chi connectivity index (χ1v) is 5.26. The van der Waals surface area contributed by atoms with Gasteiger partial charge in [0.1, 0.15) is 0 Å². The fraction of sp³-hybridized carbons (Fsp3) is 0.417. The predicted octanol–water partition coefficient (Wildman–Crippen LogP) is 2.71. The van der Waals surface area contributed by atoms with Crippen LogP contribution in [0, 0.1) is 5.92 Å². The van der Waals surface area contributed by atoms with Crippen LogP contribution in [-0.2, 0) is 4.79 Å². The maximum Gasteiger partial charge on any atom is 0.227 e. The Morgan fingerprint density at radius 3 is 2.67 bits per heavy atom. The highest BCUT2D eigenvalue weighted by molar-refractivity contribution is 5.92. The summed E-state index contributed by atoms with van der Waals surface area (Å²) in [5, 5.41) is 5.92. The second-order valence-electron chi connectivity index (χ2n) is 3.63. The van der Waals surface area contributed by atoms with Gasteiger partial charge in [-0.1, -0.05) is 19.9 Å². The highest BCUT2D eigenvalue weighted by Crippen LogP contribution is 2.15. The fourth-order valence-electron chi connectivity index (χ4n) is 1.20. The minimum atomic E-state index is 0.0586. The molecule has 0 aromatic heterocycles. The summed E-state index contributed by atoms with van der Waals surface area (Å²) in [6, 6.07) is 7.68. The van der Waals surface area contributed by atoms with Crippen molar-refractivity contribution < 1.29 is 4.79 Å². The van der Waals surface area contributed by atoms with Gasteiger partial charge in [-0.3, -0.25) is 4.79 Å². The zero-order valence-corrected chi connectivity index (χ0v) is 9.50. The van der Waals surface area contributed by atoms with Crippen molar-refractivity contribution in [2.24, 2.45) is 5.92 Å². The highest BCUT2D eigenvalue weighted by Gasteiger charge is 2.10. The van der Waals surface area contributed by atoms with Crippen molar-refractivity contribution >= 4 is 17.3 Å². The molecule has 0 heterocycles. The summed E-state index contributed by atoms with van der Waals surface area (Å²) in [6.07, 6.45) is 0.859. The Hall–Kier alpha value is -1.51. The fourth-order valence-corrected chi connectivity index (χ4v) is 1.20. The van der Waals surface area contributed by atoms with Gasteiger partial charge in [0.25, 0.3) is 0 Å². The van der Waals surface area contributed by atoms with Gasteiger partial charge in [-0.25, -0.2) is 0 Å². The summed E-state index contributed by atoms with van der Waals surface area (Å²) < 4.78 is 0. The molecule has 3 nitrogen and oxygen atoms in total. The quantitative estimate of drug-likeness (QED) is 0.795. The second-order valence-corrected chi connectivity index (χ2v) is 3.63. The Kier molecular flexibility index (Phi) is 4.16. The highest BCUT2D eigenvalue weighted by atomic mass is 16.1. The minimum absolute atomic E-state index is 0.0586. The van der Waals surface area contributed by atoms with E-state index in [1.54, 1.807) is 0 Å². The Labute approximate surface area is 90.9 Å². The number of rotatable bonds is 4. The molecule has 0 saturated heterocycles. The lowest BCUT2D eigenvalue weighted by Crippen LogP contribution is -2.19. The number of nitrogens with one attached hydrogen (secondary N) is 2. The van der Waals surface area contributed by atoms with E-state index in [4.69, 9.17) is 0 Å². The number of anilines is 2. The van der Waals surface area contributed by atoms with E-state index in [0.29, 0.717) is 0 Å². The van der Waals surface area contributed by atoms with Crippen LogP contribution in [0.1, 0.15) is 20.3 Å². The molecular weight excluding hydrogens is 188 g/mol. The van der Waals surface area contributed by atoms with E-state index in [1.165, 1.54) is 0 Å². The molecule has 0 spiro atoms. The first-order valence-electron chi connectivity index (χ1n) is 5.26. The number of carbonyl (C=O) groups is 1. The molecule has 0 saturated carbocycles. The van der Waals surface area contributed by atoms with Gasteiger partial charge in [-0.2, -0.15) is 0 Å². The molecule has 1 atom stereocenters. The Morgan fingerprint density at radius 1 is 1.40 bits per heavy atom. The first-order chi connectivity index (χ1) is 7.17. The van der Waals surface area contributed by atoms with Crippen LogP contribution in [-0.4, -0.2) is 13.0 Å². The molecule has 1 rings (SSSR count). The Morgan fingerprint density at radius 2 is 2.07 bits per heavy atom. The molecule has 1 unspecified atom stereocenters. The summed E-state index contributed by atoms with van der Waals surface area (Å²) in [6.45, 7) is 3.94. The number of benzene rings is 1. The SMILES string of the molecule is CCC(C)C(=O)Nc1cccc(NC)c1. The third kappa shape index (κ3) is 3.27. The normalized spacial score (nSPS) is 11.9. The summed E-state index contributed by atoms with van der Waals surface area (Å²) in [4.78, 5) is 11.6. The zero-order chi connectivity index (χ0) is 11.3. The van der Waals surface area contributed by atoms with E-state index in [0.717, 1.165) is 17.8 Å². The Bertz CT molecular complexity index is 336. The molecule has 1 aromatic carbocycles. The molecule has 0 aliphatic carbocycles. The van der Waals surface area contributed by atoms with E-state index in [2.05, 4.69) is 10.6 Å². The van der Waals surface area contributed by atoms with Crippen LogP contribution in [0.4, 0.5) is 11.4 Å². The van der Waals surface area contributed by atoms with Crippen molar-refractivity contribution in [1.82, 2.24) is 0 Å². The summed E-state index contributed by atoms with van der Waals surface area (Å²) in [5.74, 6) is 0.133. The largest absolute Gasteiger partial charge is 0.388 e. The number of hydrogen-bond donors (Lipinski definition) is 2. The molecule has 0 aliphatic rings. The standard InChI is InChI=1S/C12H18N2O/c1-4-9(2)12(15)14-11-7-5-6-10(8-11)13-3/h5-9,13H,4H2,1-3H3,(H,14,15). The van der Waals surface area contributed by atoms with Gasteiger partial charge in [-0.05, 0) is 24.6 Å². The van der Waals surface area contributed by atoms with Gasteiger partial charge < -0.3 is 10.6 Å². The van der Waals surface area contributed by atoms with Gasteiger partial charge in [0.05, 0.1) is 0 Å². The number of hydrogen-bond acceptors (Lipinski definition) is 2. The molecule has 0 fully saturated rings. The molecular formula is C12H18N2O. The molecule has 82 valence electrons. The van der Waals surface area contributed by atoms with Gasteiger partial charge in [0.2, 0.25) is 5.91 Å². The molecule has 2 N–H and O–H groups in total. The lowest BCUT2D eigenvalue weighted by atomic mass is 10.1. The number of carbonyl (C=O) groups excluding carboxylic acids is 1. The van der Waals surface area contributed by atoms with Crippen LogP contribution in [0.25, 0.3) is 0 Å². The molecule has 0 bridgehead atoms. The molecule has 1 aromatic rings. The van der Waals surface area contributed by atoms with Crippen LogP contribution in [0.15, 0.2) is 24.3 Å². The third-order valence-corrected chi connectivity index (χ3v) is 2.48. The minimum Gasteiger partial charge on any atom is -0.388 e. The predicted molar refractivity (Wildman–Crippen MR) is 64.1 cm³/mol. The van der Waals surface area contributed by atoms with Crippen LogP contribution in [0.3, 0.4) is 0 Å². The summed E-state index contributed by atoms with van der Waals surface area (Å²) in [7, 11) is 1.86. The van der Waals surface area contributed by atoms with E-state index in [9.17, 15) is 4.79 Å². The van der Waals surface area contributed by atoms with Crippen LogP contribution >= 0.6 is 0 Å². The smallest absolute Gasteiger partial charge is 0.227 e. The maximum atomic E-state index is 11.6. The van der Waals surface area contributed by atoms with Gasteiger partial charge in [-0.15, -0.1) is 0 Å². The first kappa shape index (κ1) is 11.6. The van der Waals surface area contributed by atoms with Crippen LogP contribution in [0.2, 0.25) is 0 Å². The lowest BCUT2D eigenvalue weighted by Gasteiger charge is -2.10.